The summed E-state index contributed by atoms with van der Waals surface area (Å²) in [5.74, 6) is 0.581. The summed E-state index contributed by atoms with van der Waals surface area (Å²) in [6.07, 6.45) is 3.36. The summed E-state index contributed by atoms with van der Waals surface area (Å²) in [4.78, 5) is 2.19. The molecule has 2 heteroatoms. The first-order valence-corrected chi connectivity index (χ1v) is 6.50. The normalized spacial score (nSPS) is 17.3. The first kappa shape index (κ1) is 12.4. The lowest BCUT2D eigenvalue weighted by atomic mass is 9.95. The Hall–Kier alpha value is -1.02. The van der Waals surface area contributed by atoms with Crippen molar-refractivity contribution in [2.75, 3.05) is 19.0 Å². The van der Waals surface area contributed by atoms with Crippen LogP contribution in [0, 0.1) is 0 Å². The van der Waals surface area contributed by atoms with Crippen molar-refractivity contribution in [3.63, 3.8) is 0 Å². The smallest absolute Gasteiger partial charge is 0.0394 e. The maximum atomic E-state index is 6.26. The van der Waals surface area contributed by atoms with Crippen LogP contribution in [0.3, 0.4) is 0 Å². The molecule has 0 saturated heterocycles. The fourth-order valence-electron chi connectivity index (χ4n) is 2.26. The molecule has 0 amide bonds. The van der Waals surface area contributed by atoms with Gasteiger partial charge in [0.15, 0.2) is 0 Å². The zero-order chi connectivity index (χ0) is 12.6. The van der Waals surface area contributed by atoms with E-state index in [-0.39, 0.29) is 5.54 Å². The average Bonchev–Trinajstić information content (AvgIpc) is 2.95. The van der Waals surface area contributed by atoms with Crippen LogP contribution >= 0.6 is 0 Å². The lowest BCUT2D eigenvalue weighted by molar-refractivity contribution is 0.670. The molecule has 0 heterocycles. The van der Waals surface area contributed by atoms with E-state index in [1.165, 1.54) is 29.7 Å². The van der Waals surface area contributed by atoms with Crippen molar-refractivity contribution in [3.8, 4) is 0 Å². The van der Waals surface area contributed by atoms with Gasteiger partial charge in [-0.1, -0.05) is 26.0 Å². The molecule has 0 radical (unpaired) electrons. The minimum absolute atomic E-state index is 0.0837. The second-order valence-corrected chi connectivity index (χ2v) is 5.98. The van der Waals surface area contributed by atoms with Gasteiger partial charge < -0.3 is 10.6 Å². The van der Waals surface area contributed by atoms with Crippen molar-refractivity contribution in [2.24, 2.45) is 5.73 Å². The quantitative estimate of drug-likeness (QED) is 0.865. The highest BCUT2D eigenvalue weighted by molar-refractivity contribution is 5.55. The van der Waals surface area contributed by atoms with Gasteiger partial charge in [-0.2, -0.15) is 0 Å². The maximum Gasteiger partial charge on any atom is 0.0394 e. The Balaban J connectivity index is 2.33. The monoisotopic (exact) mass is 232 g/mol. The number of nitrogens with two attached hydrogens (primary N) is 1. The van der Waals surface area contributed by atoms with E-state index in [9.17, 15) is 0 Å². The number of benzene rings is 1. The van der Waals surface area contributed by atoms with Gasteiger partial charge in [0.1, 0.15) is 0 Å². The number of rotatable bonds is 4. The fraction of sp³-hybridized carbons (Fsp3) is 0.600. The number of hydrogen-bond acceptors (Lipinski definition) is 2. The van der Waals surface area contributed by atoms with Crippen LogP contribution in [0.5, 0.6) is 0 Å². The Morgan fingerprint density at radius 2 is 1.94 bits per heavy atom. The van der Waals surface area contributed by atoms with Gasteiger partial charge in [0, 0.05) is 25.3 Å². The third kappa shape index (κ3) is 2.81. The van der Waals surface area contributed by atoms with Crippen LogP contribution in [0.25, 0.3) is 0 Å². The number of hydrogen-bond donors (Lipinski definition) is 1. The van der Waals surface area contributed by atoms with E-state index in [4.69, 9.17) is 5.73 Å². The summed E-state index contributed by atoms with van der Waals surface area (Å²) in [7, 11) is 4.20. The van der Waals surface area contributed by atoms with Crippen LogP contribution in [0.15, 0.2) is 18.2 Å². The van der Waals surface area contributed by atoms with Crippen molar-refractivity contribution < 1.29 is 0 Å². The highest BCUT2D eigenvalue weighted by Gasteiger charge is 2.38. The van der Waals surface area contributed by atoms with Crippen molar-refractivity contribution >= 4 is 5.69 Å². The Bertz CT molecular complexity index is 403. The molecule has 1 aromatic carbocycles. The molecule has 1 aliphatic rings. The standard InChI is InChI=1S/C15H24N2/c1-11(2)12-5-6-14(17(3)4)13(9-12)10-15(16)7-8-15/h5-6,9,11H,7-8,10,16H2,1-4H3. The second kappa shape index (κ2) is 4.34. The van der Waals surface area contributed by atoms with Crippen LogP contribution in [0.1, 0.15) is 43.7 Å². The molecule has 0 bridgehead atoms. The Morgan fingerprint density at radius 1 is 1.29 bits per heavy atom. The van der Waals surface area contributed by atoms with E-state index in [0.717, 1.165) is 6.42 Å². The molecule has 0 unspecified atom stereocenters. The van der Waals surface area contributed by atoms with Gasteiger partial charge in [0.2, 0.25) is 0 Å². The van der Waals surface area contributed by atoms with Crippen LogP contribution in [-0.4, -0.2) is 19.6 Å². The van der Waals surface area contributed by atoms with E-state index in [2.05, 4.69) is 51.0 Å². The van der Waals surface area contributed by atoms with E-state index >= 15 is 0 Å². The van der Waals surface area contributed by atoms with Crippen LogP contribution in [0.2, 0.25) is 0 Å². The van der Waals surface area contributed by atoms with Crippen molar-refractivity contribution in [2.45, 2.75) is 44.6 Å². The van der Waals surface area contributed by atoms with E-state index in [1.54, 1.807) is 0 Å². The molecule has 94 valence electrons. The molecule has 1 fully saturated rings. The molecule has 1 saturated carbocycles. The third-order valence-corrected chi connectivity index (χ3v) is 3.69. The Labute approximate surface area is 105 Å². The summed E-state index contributed by atoms with van der Waals surface area (Å²) in [5, 5.41) is 0. The zero-order valence-corrected chi connectivity index (χ0v) is 11.5. The SMILES string of the molecule is CC(C)c1ccc(N(C)C)c(CC2(N)CC2)c1. The lowest BCUT2D eigenvalue weighted by Gasteiger charge is -2.21. The lowest BCUT2D eigenvalue weighted by Crippen LogP contribution is -2.26. The molecule has 0 atom stereocenters. The van der Waals surface area contributed by atoms with Crippen molar-refractivity contribution in [3.05, 3.63) is 29.3 Å². The predicted octanol–water partition coefficient (Wildman–Crippen LogP) is 2.91. The average molecular weight is 232 g/mol. The van der Waals surface area contributed by atoms with Gasteiger partial charge in [0.05, 0.1) is 0 Å². The second-order valence-electron chi connectivity index (χ2n) is 5.98. The van der Waals surface area contributed by atoms with Gasteiger partial charge >= 0.3 is 0 Å². The fourth-order valence-corrected chi connectivity index (χ4v) is 2.26. The number of anilines is 1. The maximum absolute atomic E-state index is 6.26. The first-order valence-electron chi connectivity index (χ1n) is 6.50. The van der Waals surface area contributed by atoms with Crippen molar-refractivity contribution in [1.29, 1.82) is 0 Å². The van der Waals surface area contributed by atoms with Gasteiger partial charge in [-0.05, 0) is 42.4 Å². The predicted molar refractivity (Wildman–Crippen MR) is 74.7 cm³/mol. The van der Waals surface area contributed by atoms with Gasteiger partial charge in [-0.3, -0.25) is 0 Å². The van der Waals surface area contributed by atoms with E-state index in [0.29, 0.717) is 5.92 Å². The van der Waals surface area contributed by atoms with Crippen LogP contribution in [0.4, 0.5) is 5.69 Å². The minimum atomic E-state index is 0.0837. The van der Waals surface area contributed by atoms with Gasteiger partial charge in [0.25, 0.3) is 0 Å². The summed E-state index contributed by atoms with van der Waals surface area (Å²) in [5.41, 5.74) is 10.5. The molecule has 0 aromatic heterocycles. The largest absolute Gasteiger partial charge is 0.377 e. The summed E-state index contributed by atoms with van der Waals surface area (Å²) in [6.45, 7) is 4.48. The molecule has 2 rings (SSSR count). The molecule has 0 aliphatic heterocycles. The molecule has 0 spiro atoms. The molecule has 2 nitrogen and oxygen atoms in total. The molecule has 2 N–H and O–H groups in total. The van der Waals surface area contributed by atoms with E-state index < -0.39 is 0 Å². The summed E-state index contributed by atoms with van der Waals surface area (Å²) < 4.78 is 0. The highest BCUT2D eigenvalue weighted by atomic mass is 15.1. The molecular formula is C15H24N2. The third-order valence-electron chi connectivity index (χ3n) is 3.69. The molecular weight excluding hydrogens is 208 g/mol. The molecule has 17 heavy (non-hydrogen) atoms. The molecule has 1 aliphatic carbocycles. The van der Waals surface area contributed by atoms with E-state index in [1.807, 2.05) is 0 Å². The Morgan fingerprint density at radius 3 is 2.41 bits per heavy atom. The minimum Gasteiger partial charge on any atom is -0.377 e. The van der Waals surface area contributed by atoms with Crippen molar-refractivity contribution in [1.82, 2.24) is 0 Å². The van der Waals surface area contributed by atoms with Gasteiger partial charge in [-0.15, -0.1) is 0 Å². The van der Waals surface area contributed by atoms with Crippen LogP contribution in [-0.2, 0) is 6.42 Å². The summed E-state index contributed by atoms with van der Waals surface area (Å²) >= 11 is 0. The summed E-state index contributed by atoms with van der Waals surface area (Å²) in [6, 6.07) is 6.81. The first-order chi connectivity index (χ1) is 7.91. The number of nitrogens with zero attached hydrogens (tertiary/aromatic N) is 1. The Kier molecular flexibility index (Phi) is 3.17. The topological polar surface area (TPSA) is 29.3 Å². The zero-order valence-electron chi connectivity index (χ0n) is 11.5. The highest BCUT2D eigenvalue weighted by Crippen LogP contribution is 2.38. The van der Waals surface area contributed by atoms with Crippen LogP contribution < -0.4 is 10.6 Å². The molecule has 1 aromatic rings. The van der Waals surface area contributed by atoms with Gasteiger partial charge in [-0.25, -0.2) is 0 Å².